The first-order valence-corrected chi connectivity index (χ1v) is 7.35. The predicted octanol–water partition coefficient (Wildman–Crippen LogP) is -0.414. The molecule has 0 saturated carbocycles. The molecule has 82 valence electrons. The minimum atomic E-state index is -3.52. The standard InChI is InChI=1S/C7H14N2O3S2/c1-7(6-8)14(11,12)9-4-3-5-13(2)10/h7,9H,3-5H2,1-2H3. The van der Waals surface area contributed by atoms with Crippen LogP contribution in [0.4, 0.5) is 0 Å². The molecule has 0 bridgehead atoms. The lowest BCUT2D eigenvalue weighted by molar-refractivity contribution is 0.576. The Bertz CT molecular complexity index is 331. The van der Waals surface area contributed by atoms with Crippen LogP contribution in [-0.2, 0) is 20.8 Å². The molecule has 0 amide bonds. The van der Waals surface area contributed by atoms with E-state index in [1.807, 2.05) is 0 Å². The lowest BCUT2D eigenvalue weighted by Crippen LogP contribution is -2.32. The molecule has 0 aliphatic carbocycles. The largest absolute Gasteiger partial charge is 0.260 e. The van der Waals surface area contributed by atoms with E-state index in [4.69, 9.17) is 5.26 Å². The van der Waals surface area contributed by atoms with Gasteiger partial charge in [0.05, 0.1) is 6.07 Å². The minimum absolute atomic E-state index is 0.230. The number of hydrogen-bond donors (Lipinski definition) is 1. The zero-order valence-corrected chi connectivity index (χ0v) is 9.82. The highest BCUT2D eigenvalue weighted by Gasteiger charge is 2.18. The summed E-state index contributed by atoms with van der Waals surface area (Å²) >= 11 is 0. The molecule has 0 aliphatic rings. The van der Waals surface area contributed by atoms with E-state index in [0.717, 1.165) is 0 Å². The summed E-state index contributed by atoms with van der Waals surface area (Å²) < 4.78 is 35.3. The molecule has 2 atom stereocenters. The predicted molar refractivity (Wildman–Crippen MR) is 55.5 cm³/mol. The maximum Gasteiger partial charge on any atom is 0.227 e. The van der Waals surface area contributed by atoms with E-state index in [9.17, 15) is 12.6 Å². The normalized spacial score (nSPS) is 15.8. The van der Waals surface area contributed by atoms with Crippen molar-refractivity contribution in [2.75, 3.05) is 18.6 Å². The number of nitrogens with zero attached hydrogens (tertiary/aromatic N) is 1. The summed E-state index contributed by atoms with van der Waals surface area (Å²) in [6.07, 6.45) is 2.08. The van der Waals surface area contributed by atoms with Gasteiger partial charge in [-0.3, -0.25) is 4.21 Å². The van der Waals surface area contributed by atoms with Gasteiger partial charge in [-0.1, -0.05) is 0 Å². The fraction of sp³-hybridized carbons (Fsp3) is 0.857. The molecule has 7 heteroatoms. The van der Waals surface area contributed by atoms with E-state index < -0.39 is 26.1 Å². The van der Waals surface area contributed by atoms with E-state index in [0.29, 0.717) is 12.2 Å². The first-order valence-electron chi connectivity index (χ1n) is 4.08. The first kappa shape index (κ1) is 13.5. The second-order valence-corrected chi connectivity index (χ2v) is 6.48. The van der Waals surface area contributed by atoms with Crippen LogP contribution in [0.25, 0.3) is 0 Å². The van der Waals surface area contributed by atoms with Crippen LogP contribution in [0.1, 0.15) is 13.3 Å². The Balaban J connectivity index is 3.91. The van der Waals surface area contributed by atoms with Gasteiger partial charge in [0.1, 0.15) is 0 Å². The minimum Gasteiger partial charge on any atom is -0.260 e. The highest BCUT2D eigenvalue weighted by atomic mass is 32.2. The van der Waals surface area contributed by atoms with Crippen molar-refractivity contribution < 1.29 is 12.6 Å². The molecular weight excluding hydrogens is 224 g/mol. The van der Waals surface area contributed by atoms with Crippen LogP contribution in [0.2, 0.25) is 0 Å². The highest BCUT2D eigenvalue weighted by molar-refractivity contribution is 7.90. The number of sulfonamides is 1. The highest BCUT2D eigenvalue weighted by Crippen LogP contribution is 1.95. The Morgan fingerprint density at radius 3 is 2.57 bits per heavy atom. The van der Waals surface area contributed by atoms with Crippen molar-refractivity contribution in [3.05, 3.63) is 0 Å². The maximum atomic E-state index is 11.2. The van der Waals surface area contributed by atoms with Gasteiger partial charge in [-0.25, -0.2) is 13.1 Å². The van der Waals surface area contributed by atoms with Crippen LogP contribution in [0.3, 0.4) is 0 Å². The van der Waals surface area contributed by atoms with E-state index in [2.05, 4.69) is 4.72 Å². The van der Waals surface area contributed by atoms with Crippen LogP contribution < -0.4 is 4.72 Å². The second-order valence-electron chi connectivity index (χ2n) is 2.84. The van der Waals surface area contributed by atoms with Gasteiger partial charge in [-0.2, -0.15) is 5.26 Å². The lowest BCUT2D eigenvalue weighted by Gasteiger charge is -2.06. The number of hydrogen-bond acceptors (Lipinski definition) is 4. The molecule has 0 aliphatic heterocycles. The molecule has 0 aromatic carbocycles. The quantitative estimate of drug-likeness (QED) is 0.637. The van der Waals surface area contributed by atoms with Crippen molar-refractivity contribution in [2.45, 2.75) is 18.6 Å². The Kier molecular flexibility index (Phi) is 5.92. The van der Waals surface area contributed by atoms with Crippen molar-refractivity contribution in [1.82, 2.24) is 4.72 Å². The molecule has 2 unspecified atom stereocenters. The molecule has 0 aromatic rings. The second kappa shape index (κ2) is 6.11. The van der Waals surface area contributed by atoms with Crippen LogP contribution in [0.5, 0.6) is 0 Å². The van der Waals surface area contributed by atoms with Gasteiger partial charge in [-0.15, -0.1) is 0 Å². The molecule has 1 N–H and O–H groups in total. The van der Waals surface area contributed by atoms with Gasteiger partial charge >= 0.3 is 0 Å². The zero-order valence-electron chi connectivity index (χ0n) is 8.19. The van der Waals surface area contributed by atoms with Crippen molar-refractivity contribution in [1.29, 1.82) is 5.26 Å². The first-order chi connectivity index (χ1) is 6.40. The summed E-state index contributed by atoms with van der Waals surface area (Å²) in [6.45, 7) is 1.55. The van der Waals surface area contributed by atoms with E-state index >= 15 is 0 Å². The van der Waals surface area contributed by atoms with Crippen molar-refractivity contribution in [2.24, 2.45) is 0 Å². The van der Waals surface area contributed by atoms with Crippen LogP contribution in [0.15, 0.2) is 0 Å². The van der Waals surface area contributed by atoms with E-state index in [-0.39, 0.29) is 6.54 Å². The van der Waals surface area contributed by atoms with Crippen LogP contribution in [0, 0.1) is 11.3 Å². The average molecular weight is 238 g/mol. The third kappa shape index (κ3) is 5.32. The third-order valence-electron chi connectivity index (χ3n) is 1.56. The molecule has 14 heavy (non-hydrogen) atoms. The van der Waals surface area contributed by atoms with Gasteiger partial charge in [0.2, 0.25) is 10.0 Å². The Labute approximate surface area is 87.0 Å². The summed E-state index contributed by atoms with van der Waals surface area (Å²) in [6, 6.07) is 1.64. The summed E-state index contributed by atoms with van der Waals surface area (Å²) in [5.41, 5.74) is 0. The van der Waals surface area contributed by atoms with Crippen LogP contribution >= 0.6 is 0 Å². The number of nitrogens with one attached hydrogen (secondary N) is 1. The Morgan fingerprint density at radius 1 is 1.57 bits per heavy atom. The van der Waals surface area contributed by atoms with E-state index in [1.165, 1.54) is 6.92 Å². The number of rotatable bonds is 6. The van der Waals surface area contributed by atoms with Gasteiger partial charge in [0, 0.05) is 29.4 Å². The zero-order chi connectivity index (χ0) is 11.2. The summed E-state index contributed by atoms with van der Waals surface area (Å²) in [5.74, 6) is 0.462. The molecule has 0 radical (unpaired) electrons. The van der Waals surface area contributed by atoms with Gasteiger partial charge in [0.25, 0.3) is 0 Å². The summed E-state index contributed by atoms with van der Waals surface area (Å²) in [4.78, 5) is 0. The molecule has 0 heterocycles. The smallest absolute Gasteiger partial charge is 0.227 e. The Morgan fingerprint density at radius 2 is 2.14 bits per heavy atom. The van der Waals surface area contributed by atoms with E-state index in [1.54, 1.807) is 12.3 Å². The van der Waals surface area contributed by atoms with Gasteiger partial charge in [-0.05, 0) is 13.3 Å². The van der Waals surface area contributed by atoms with Crippen molar-refractivity contribution >= 4 is 20.8 Å². The average Bonchev–Trinajstić information content (AvgIpc) is 2.10. The van der Waals surface area contributed by atoms with Crippen LogP contribution in [-0.4, -0.2) is 36.4 Å². The summed E-state index contributed by atoms with van der Waals surface area (Å²) in [7, 11) is -4.42. The van der Waals surface area contributed by atoms with Gasteiger partial charge in [0.15, 0.2) is 5.25 Å². The monoisotopic (exact) mass is 238 g/mol. The van der Waals surface area contributed by atoms with Gasteiger partial charge < -0.3 is 0 Å². The van der Waals surface area contributed by atoms with Crippen molar-refractivity contribution in [3.63, 3.8) is 0 Å². The molecular formula is C7H14N2O3S2. The molecule has 0 spiro atoms. The molecule has 0 fully saturated rings. The molecule has 5 nitrogen and oxygen atoms in total. The molecule has 0 saturated heterocycles. The topological polar surface area (TPSA) is 87.0 Å². The summed E-state index contributed by atoms with van der Waals surface area (Å²) in [5, 5.41) is 7.35. The Hall–Kier alpha value is -0.450. The maximum absolute atomic E-state index is 11.2. The van der Waals surface area contributed by atoms with Crippen molar-refractivity contribution in [3.8, 4) is 6.07 Å². The lowest BCUT2D eigenvalue weighted by atomic mass is 10.5. The fourth-order valence-corrected chi connectivity index (χ4v) is 2.05. The molecule has 0 rings (SSSR count). The fourth-order valence-electron chi connectivity index (χ4n) is 0.684. The number of nitriles is 1. The third-order valence-corrected chi connectivity index (χ3v) is 4.07. The molecule has 0 aromatic heterocycles. The SMILES string of the molecule is CC(C#N)S(=O)(=O)NCCCS(C)=O.